The van der Waals surface area contributed by atoms with E-state index < -0.39 is 11.9 Å². The van der Waals surface area contributed by atoms with E-state index in [9.17, 15) is 13.2 Å². The first kappa shape index (κ1) is 15.5. The number of aromatic nitrogens is 2. The topological polar surface area (TPSA) is 70.1 Å². The van der Waals surface area contributed by atoms with Crippen LogP contribution in [-0.2, 0) is 6.18 Å². The standard InChI is InChI=1S/C11H17F3N4O/c1-7(2)16-9-6-8(11(12,13)14)17-10(18-9)15-4-3-5-19/h6-7,19H,3-5H2,1-2H3,(H2,15,16,17,18). The van der Waals surface area contributed by atoms with Gasteiger partial charge in [0.05, 0.1) is 0 Å². The van der Waals surface area contributed by atoms with Crippen molar-refractivity contribution in [2.24, 2.45) is 0 Å². The summed E-state index contributed by atoms with van der Waals surface area (Å²) in [6.07, 6.45) is -4.11. The van der Waals surface area contributed by atoms with Crippen LogP contribution < -0.4 is 10.6 Å². The Morgan fingerprint density at radius 3 is 2.53 bits per heavy atom. The summed E-state index contributed by atoms with van der Waals surface area (Å²) in [5.41, 5.74) is -1.00. The minimum Gasteiger partial charge on any atom is -0.396 e. The number of alkyl halides is 3. The second-order valence-electron chi connectivity index (χ2n) is 4.26. The van der Waals surface area contributed by atoms with E-state index >= 15 is 0 Å². The lowest BCUT2D eigenvalue weighted by atomic mass is 10.3. The number of aliphatic hydroxyl groups is 1. The number of halogens is 3. The molecule has 1 heterocycles. The van der Waals surface area contributed by atoms with Crippen LogP contribution in [0.4, 0.5) is 24.9 Å². The molecule has 0 aliphatic heterocycles. The van der Waals surface area contributed by atoms with Gasteiger partial charge in [-0.1, -0.05) is 0 Å². The molecule has 0 radical (unpaired) electrons. The summed E-state index contributed by atoms with van der Waals surface area (Å²) in [7, 11) is 0. The lowest BCUT2D eigenvalue weighted by molar-refractivity contribution is -0.141. The van der Waals surface area contributed by atoms with Gasteiger partial charge in [0.2, 0.25) is 5.95 Å². The molecule has 3 N–H and O–H groups in total. The molecule has 19 heavy (non-hydrogen) atoms. The highest BCUT2D eigenvalue weighted by molar-refractivity contribution is 5.43. The third-order valence-electron chi connectivity index (χ3n) is 2.07. The third kappa shape index (κ3) is 5.29. The van der Waals surface area contributed by atoms with E-state index in [4.69, 9.17) is 5.11 Å². The van der Waals surface area contributed by atoms with Crippen molar-refractivity contribution in [2.45, 2.75) is 32.5 Å². The molecule has 0 aromatic carbocycles. The first-order chi connectivity index (χ1) is 8.82. The molecule has 1 aromatic rings. The van der Waals surface area contributed by atoms with E-state index in [0.717, 1.165) is 6.07 Å². The summed E-state index contributed by atoms with van der Waals surface area (Å²) in [5.74, 6) is 0.00949. The Balaban J connectivity index is 2.95. The normalized spacial score (nSPS) is 11.7. The van der Waals surface area contributed by atoms with Gasteiger partial charge in [-0.05, 0) is 20.3 Å². The molecule has 0 atom stereocenters. The highest BCUT2D eigenvalue weighted by Gasteiger charge is 2.33. The van der Waals surface area contributed by atoms with Crippen molar-refractivity contribution in [3.05, 3.63) is 11.8 Å². The van der Waals surface area contributed by atoms with Crippen LogP contribution in [0.5, 0.6) is 0 Å². The van der Waals surface area contributed by atoms with Crippen molar-refractivity contribution in [1.82, 2.24) is 9.97 Å². The molecule has 1 aromatic heterocycles. The third-order valence-corrected chi connectivity index (χ3v) is 2.07. The number of hydrogen-bond donors (Lipinski definition) is 3. The molecular formula is C11H17F3N4O. The molecule has 0 spiro atoms. The Hall–Kier alpha value is -1.57. The van der Waals surface area contributed by atoms with E-state index in [0.29, 0.717) is 13.0 Å². The van der Waals surface area contributed by atoms with Crippen molar-refractivity contribution in [3.63, 3.8) is 0 Å². The Morgan fingerprint density at radius 1 is 1.32 bits per heavy atom. The molecule has 0 aliphatic rings. The summed E-state index contributed by atoms with van der Waals surface area (Å²) in [6, 6.07) is 0.832. The quantitative estimate of drug-likeness (QED) is 0.695. The summed E-state index contributed by atoms with van der Waals surface area (Å²) < 4.78 is 38.1. The highest BCUT2D eigenvalue weighted by atomic mass is 19.4. The van der Waals surface area contributed by atoms with Crippen molar-refractivity contribution in [1.29, 1.82) is 0 Å². The fourth-order valence-electron chi connectivity index (χ4n) is 1.32. The lowest BCUT2D eigenvalue weighted by Crippen LogP contribution is -2.17. The summed E-state index contributed by atoms with van der Waals surface area (Å²) in [5, 5.41) is 14.1. The van der Waals surface area contributed by atoms with Crippen LogP contribution in [0, 0.1) is 0 Å². The maximum Gasteiger partial charge on any atom is 0.433 e. The zero-order valence-electron chi connectivity index (χ0n) is 10.8. The number of rotatable bonds is 6. The predicted molar refractivity (Wildman–Crippen MR) is 66.0 cm³/mol. The van der Waals surface area contributed by atoms with Gasteiger partial charge in [-0.2, -0.15) is 18.2 Å². The maximum absolute atomic E-state index is 12.7. The van der Waals surface area contributed by atoms with Gasteiger partial charge < -0.3 is 15.7 Å². The van der Waals surface area contributed by atoms with Crippen molar-refractivity contribution in [2.75, 3.05) is 23.8 Å². The molecular weight excluding hydrogens is 261 g/mol. The average Bonchev–Trinajstić information content (AvgIpc) is 2.27. The largest absolute Gasteiger partial charge is 0.433 e. The number of aliphatic hydroxyl groups excluding tert-OH is 1. The van der Waals surface area contributed by atoms with Gasteiger partial charge in [-0.3, -0.25) is 0 Å². The van der Waals surface area contributed by atoms with E-state index in [2.05, 4.69) is 20.6 Å². The molecule has 8 heteroatoms. The van der Waals surface area contributed by atoms with E-state index in [-0.39, 0.29) is 24.4 Å². The van der Waals surface area contributed by atoms with Crippen molar-refractivity contribution >= 4 is 11.8 Å². The van der Waals surface area contributed by atoms with Crippen molar-refractivity contribution in [3.8, 4) is 0 Å². The maximum atomic E-state index is 12.7. The Bertz CT molecular complexity index is 409. The fourth-order valence-corrected chi connectivity index (χ4v) is 1.32. The smallest absolute Gasteiger partial charge is 0.396 e. The van der Waals surface area contributed by atoms with E-state index in [1.807, 2.05) is 0 Å². The van der Waals surface area contributed by atoms with Gasteiger partial charge in [-0.25, -0.2) is 4.98 Å². The first-order valence-corrected chi connectivity index (χ1v) is 5.90. The van der Waals surface area contributed by atoms with Crippen molar-refractivity contribution < 1.29 is 18.3 Å². The zero-order valence-corrected chi connectivity index (χ0v) is 10.8. The second-order valence-corrected chi connectivity index (χ2v) is 4.26. The van der Waals surface area contributed by atoms with Gasteiger partial charge >= 0.3 is 6.18 Å². The minimum absolute atomic E-state index is 0.0405. The molecule has 0 aliphatic carbocycles. The van der Waals surface area contributed by atoms with Gasteiger partial charge in [-0.15, -0.1) is 0 Å². The predicted octanol–water partition coefficient (Wildman–Crippen LogP) is 2.11. The first-order valence-electron chi connectivity index (χ1n) is 5.90. The number of anilines is 2. The molecule has 0 fully saturated rings. The molecule has 0 saturated carbocycles. The molecule has 1 rings (SSSR count). The Kier molecular flexibility index (Phi) is 5.34. The van der Waals surface area contributed by atoms with Gasteiger partial charge in [0.25, 0.3) is 0 Å². The van der Waals surface area contributed by atoms with Crippen LogP contribution in [0.15, 0.2) is 6.07 Å². The van der Waals surface area contributed by atoms with E-state index in [1.165, 1.54) is 0 Å². The zero-order chi connectivity index (χ0) is 14.5. The van der Waals surface area contributed by atoms with Crippen LogP contribution in [0.1, 0.15) is 26.0 Å². The number of hydrogen-bond acceptors (Lipinski definition) is 5. The van der Waals surface area contributed by atoms with Gasteiger partial charge in [0, 0.05) is 25.3 Å². The molecule has 0 amide bonds. The average molecular weight is 278 g/mol. The SMILES string of the molecule is CC(C)Nc1cc(C(F)(F)F)nc(NCCCO)n1. The Labute approximate surface area is 109 Å². The molecule has 5 nitrogen and oxygen atoms in total. The monoisotopic (exact) mass is 278 g/mol. The molecule has 108 valence electrons. The molecule has 0 unspecified atom stereocenters. The number of nitrogens with one attached hydrogen (secondary N) is 2. The highest BCUT2D eigenvalue weighted by Crippen LogP contribution is 2.29. The molecule has 0 saturated heterocycles. The van der Waals surface area contributed by atoms with Crippen LogP contribution >= 0.6 is 0 Å². The fraction of sp³-hybridized carbons (Fsp3) is 0.636. The second kappa shape index (κ2) is 6.55. The van der Waals surface area contributed by atoms with Gasteiger partial charge in [0.15, 0.2) is 5.69 Å². The molecule has 0 bridgehead atoms. The van der Waals surface area contributed by atoms with Crippen LogP contribution in [0.2, 0.25) is 0 Å². The van der Waals surface area contributed by atoms with Gasteiger partial charge in [0.1, 0.15) is 5.82 Å². The van der Waals surface area contributed by atoms with E-state index in [1.54, 1.807) is 13.8 Å². The minimum atomic E-state index is -4.52. The van der Waals surface area contributed by atoms with Crippen LogP contribution in [0.25, 0.3) is 0 Å². The number of nitrogens with zero attached hydrogens (tertiary/aromatic N) is 2. The van der Waals surface area contributed by atoms with Crippen LogP contribution in [0.3, 0.4) is 0 Å². The lowest BCUT2D eigenvalue weighted by Gasteiger charge is -2.14. The summed E-state index contributed by atoms with van der Waals surface area (Å²) >= 11 is 0. The summed E-state index contributed by atoms with van der Waals surface area (Å²) in [6.45, 7) is 3.85. The summed E-state index contributed by atoms with van der Waals surface area (Å²) in [4.78, 5) is 7.36. The Morgan fingerprint density at radius 2 is 2.00 bits per heavy atom. The van der Waals surface area contributed by atoms with Crippen LogP contribution in [-0.4, -0.2) is 34.3 Å².